The molecule has 0 saturated carbocycles. The minimum Gasteiger partial charge on any atom is -0.392 e. The molecule has 2 atom stereocenters. The highest BCUT2D eigenvalue weighted by Gasteiger charge is 2.15. The fraction of sp³-hybridized carbons (Fsp3) is 0.750. The Morgan fingerprint density at radius 2 is 1.67 bits per heavy atom. The van der Waals surface area contributed by atoms with Crippen LogP contribution in [0.25, 0.3) is 0 Å². The molecule has 0 rings (SSSR count). The molecule has 12 heavy (non-hydrogen) atoms. The zero-order valence-corrected chi connectivity index (χ0v) is 8.33. The van der Waals surface area contributed by atoms with Gasteiger partial charge in [0.2, 0.25) is 0 Å². The number of hydrogen-bond acceptors (Lipinski definition) is 3. The van der Waals surface area contributed by atoms with E-state index in [4.69, 9.17) is 27.5 Å². The van der Waals surface area contributed by atoms with Crippen LogP contribution in [0, 0.1) is 0 Å². The molecule has 0 spiro atoms. The molecule has 0 aliphatic carbocycles. The van der Waals surface area contributed by atoms with Gasteiger partial charge in [-0.2, -0.15) is 0 Å². The molecule has 2 unspecified atom stereocenters. The van der Waals surface area contributed by atoms with Gasteiger partial charge in [0.25, 0.3) is 0 Å². The van der Waals surface area contributed by atoms with Crippen LogP contribution in [0.15, 0.2) is 12.7 Å². The van der Waals surface area contributed by atoms with Gasteiger partial charge in [-0.15, -0.1) is 18.2 Å². The van der Waals surface area contributed by atoms with E-state index in [-0.39, 0.29) is 0 Å². The van der Waals surface area contributed by atoms with Crippen LogP contribution in [0.1, 0.15) is 13.8 Å². The second-order valence-corrected chi connectivity index (χ2v) is 2.95. The van der Waals surface area contributed by atoms with E-state index in [1.165, 1.54) is 0 Å². The third-order valence-corrected chi connectivity index (χ3v) is 1.82. The van der Waals surface area contributed by atoms with E-state index >= 15 is 0 Å². The normalized spacial score (nSPS) is 16.8. The van der Waals surface area contributed by atoms with Crippen LogP contribution in [0.5, 0.6) is 0 Å². The number of aliphatic hydroxyl groups excluding tert-OH is 2. The topological polar surface area (TPSA) is 66.5 Å². The predicted molar refractivity (Wildman–Crippen MR) is 52.3 cm³/mol. The van der Waals surface area contributed by atoms with Gasteiger partial charge in [0.05, 0.1) is 17.6 Å². The van der Waals surface area contributed by atoms with E-state index in [9.17, 15) is 0 Å². The largest absolute Gasteiger partial charge is 0.392 e. The highest BCUT2D eigenvalue weighted by atomic mass is 35.5. The van der Waals surface area contributed by atoms with Crippen LogP contribution in [0.3, 0.4) is 0 Å². The highest BCUT2D eigenvalue weighted by molar-refractivity contribution is 6.21. The summed E-state index contributed by atoms with van der Waals surface area (Å²) in [6.45, 7) is 7.03. The lowest BCUT2D eigenvalue weighted by Gasteiger charge is -2.14. The first-order valence-electron chi connectivity index (χ1n) is 3.78. The molecule has 4 N–H and O–H groups in total. The lowest BCUT2D eigenvalue weighted by molar-refractivity contribution is 0.107. The Labute approximate surface area is 78.8 Å². The first-order valence-corrected chi connectivity index (χ1v) is 4.22. The predicted octanol–water partition coefficient (Wildman–Crippen LogP) is 0.486. The van der Waals surface area contributed by atoms with Crippen molar-refractivity contribution in [3.63, 3.8) is 0 Å². The van der Waals surface area contributed by atoms with Gasteiger partial charge in [0.1, 0.15) is 0 Å². The lowest BCUT2D eigenvalue weighted by atomic mass is 10.2. The molecule has 0 aliphatic heterocycles. The smallest absolute Gasteiger partial charge is 0.0848 e. The Hall–Kier alpha value is -0.0900. The number of aliphatic hydroxyl groups is 2. The van der Waals surface area contributed by atoms with Gasteiger partial charge in [-0.3, -0.25) is 0 Å². The monoisotopic (exact) mass is 195 g/mol. The molecule has 4 heteroatoms. The van der Waals surface area contributed by atoms with Gasteiger partial charge in [-0.1, -0.05) is 6.08 Å². The average Bonchev–Trinajstić information content (AvgIpc) is 2.03. The maximum Gasteiger partial charge on any atom is 0.0848 e. The van der Waals surface area contributed by atoms with Crippen molar-refractivity contribution in [2.24, 2.45) is 5.73 Å². The maximum atomic E-state index is 8.70. The van der Waals surface area contributed by atoms with E-state index in [0.29, 0.717) is 6.54 Å². The van der Waals surface area contributed by atoms with Crippen molar-refractivity contribution in [2.45, 2.75) is 31.4 Å². The van der Waals surface area contributed by atoms with E-state index in [2.05, 4.69) is 6.58 Å². The van der Waals surface area contributed by atoms with Crippen molar-refractivity contribution in [1.29, 1.82) is 0 Å². The van der Waals surface area contributed by atoms with Crippen LogP contribution >= 0.6 is 11.6 Å². The molecular weight excluding hydrogens is 178 g/mol. The van der Waals surface area contributed by atoms with E-state index in [0.717, 1.165) is 0 Å². The molecule has 0 fully saturated rings. The number of alkyl halides is 1. The van der Waals surface area contributed by atoms with E-state index < -0.39 is 17.6 Å². The van der Waals surface area contributed by atoms with Gasteiger partial charge < -0.3 is 15.9 Å². The number of nitrogens with two attached hydrogens (primary N) is 1. The highest BCUT2D eigenvalue weighted by Crippen LogP contribution is 2.06. The summed E-state index contributed by atoms with van der Waals surface area (Å²) in [6.07, 6.45) is 0.369. The summed E-state index contributed by atoms with van der Waals surface area (Å²) in [5.41, 5.74) is 4.91. The molecule has 0 aromatic rings. The number of rotatable bonds is 3. The second kappa shape index (κ2) is 9.00. The van der Waals surface area contributed by atoms with E-state index in [1.54, 1.807) is 19.9 Å². The fourth-order valence-corrected chi connectivity index (χ4v) is 0.403. The minimum atomic E-state index is -0.642. The molecule has 74 valence electrons. The lowest BCUT2D eigenvalue weighted by Crippen LogP contribution is -2.27. The second-order valence-electron chi connectivity index (χ2n) is 2.45. The van der Waals surface area contributed by atoms with Crippen LogP contribution in [-0.4, -0.2) is 34.3 Å². The Balaban J connectivity index is 0. The van der Waals surface area contributed by atoms with Gasteiger partial charge in [-0.05, 0) is 13.8 Å². The molecule has 0 aliphatic rings. The van der Waals surface area contributed by atoms with Crippen molar-refractivity contribution in [1.82, 2.24) is 0 Å². The van der Waals surface area contributed by atoms with Crippen molar-refractivity contribution >= 4 is 11.6 Å². The summed E-state index contributed by atoms with van der Waals surface area (Å²) in [4.78, 5) is 0. The molecule has 0 aromatic carbocycles. The van der Waals surface area contributed by atoms with Gasteiger partial charge in [0.15, 0.2) is 0 Å². The first kappa shape index (κ1) is 14.4. The van der Waals surface area contributed by atoms with Crippen LogP contribution in [-0.2, 0) is 0 Å². The average molecular weight is 196 g/mol. The van der Waals surface area contributed by atoms with Gasteiger partial charge in [-0.25, -0.2) is 0 Å². The Bertz CT molecular complexity index is 99.2. The molecular formula is C8H18ClNO2. The summed E-state index contributed by atoms with van der Waals surface area (Å²) < 4.78 is 0. The molecule has 0 heterocycles. The van der Waals surface area contributed by atoms with Crippen molar-refractivity contribution in [3.05, 3.63) is 12.7 Å². The van der Waals surface area contributed by atoms with Crippen molar-refractivity contribution < 1.29 is 10.2 Å². The Kier molecular flexibility index (Phi) is 10.8. The van der Waals surface area contributed by atoms with Crippen molar-refractivity contribution in [3.8, 4) is 0 Å². The minimum absolute atomic E-state index is 0.546. The zero-order chi connectivity index (χ0) is 10.1. The standard InChI is InChI=1S/C5H11ClO2.C3H7N/c1-3(7)5(6)4(2)8;1-2-3-4/h3-5,7-8H,1-2H3;2H,1,3-4H2. The van der Waals surface area contributed by atoms with E-state index in [1.807, 2.05) is 0 Å². The van der Waals surface area contributed by atoms with Crippen LogP contribution < -0.4 is 5.73 Å². The maximum absolute atomic E-state index is 8.70. The summed E-state index contributed by atoms with van der Waals surface area (Å²) in [6, 6.07) is 0. The third kappa shape index (κ3) is 9.91. The third-order valence-electron chi connectivity index (χ3n) is 1.09. The number of hydrogen-bond donors (Lipinski definition) is 3. The Morgan fingerprint density at radius 1 is 1.42 bits per heavy atom. The van der Waals surface area contributed by atoms with Gasteiger partial charge in [0, 0.05) is 6.54 Å². The molecule has 0 radical (unpaired) electrons. The molecule has 0 bridgehead atoms. The summed E-state index contributed by atoms with van der Waals surface area (Å²) in [7, 11) is 0. The van der Waals surface area contributed by atoms with Crippen LogP contribution in [0.2, 0.25) is 0 Å². The first-order chi connectivity index (χ1) is 5.47. The summed E-state index contributed by atoms with van der Waals surface area (Å²) in [5.74, 6) is 0. The van der Waals surface area contributed by atoms with Gasteiger partial charge >= 0.3 is 0 Å². The summed E-state index contributed by atoms with van der Waals surface area (Å²) >= 11 is 5.45. The Morgan fingerprint density at radius 3 is 1.67 bits per heavy atom. The van der Waals surface area contributed by atoms with Crippen molar-refractivity contribution in [2.75, 3.05) is 6.54 Å². The summed E-state index contributed by atoms with van der Waals surface area (Å²) in [5, 5.41) is 16.9. The molecule has 0 saturated heterocycles. The fourth-order valence-electron chi connectivity index (χ4n) is 0.403. The zero-order valence-electron chi connectivity index (χ0n) is 7.57. The quantitative estimate of drug-likeness (QED) is 0.454. The number of halogens is 1. The molecule has 3 nitrogen and oxygen atoms in total. The van der Waals surface area contributed by atoms with Crippen LogP contribution in [0.4, 0.5) is 0 Å². The molecule has 0 aromatic heterocycles. The molecule has 0 amide bonds. The SMILES string of the molecule is C=CCN.CC(O)C(Cl)C(C)O.